The number of carbonyl (C=O) groups excluding carboxylic acids is 1. The average Bonchev–Trinajstić information content (AvgIpc) is 1.87. The minimum Gasteiger partial charge on any atom is -0.862 e. The monoisotopic (exact) mass is 205 g/mol. The molecule has 4 heteroatoms. The predicted molar refractivity (Wildman–Crippen MR) is 21.7 cm³/mol. The Morgan fingerprint density at radius 2 is 2.12 bits per heavy atom. The van der Waals surface area contributed by atoms with E-state index in [0.29, 0.717) is 12.8 Å². The van der Waals surface area contributed by atoms with Crippen LogP contribution in [0.25, 0.3) is 0 Å². The molecule has 0 bridgehead atoms. The van der Waals surface area contributed by atoms with E-state index in [1.165, 1.54) is 0 Å². The van der Waals surface area contributed by atoms with Gasteiger partial charge in [0.25, 0.3) is 0 Å². The van der Waals surface area contributed by atoms with Crippen molar-refractivity contribution in [1.82, 2.24) is 0 Å². The maximum absolute atomic E-state index is 10.1. The summed E-state index contributed by atoms with van der Waals surface area (Å²) in [5, 5.41) is 10.1. The van der Waals surface area contributed by atoms with E-state index in [2.05, 4.69) is 4.99 Å². The molecule has 0 radical (unpaired) electrons. The van der Waals surface area contributed by atoms with E-state index < -0.39 is 0 Å². The van der Waals surface area contributed by atoms with Gasteiger partial charge >= 0.3 is 22.4 Å². The van der Waals surface area contributed by atoms with Crippen LogP contribution in [0.2, 0.25) is 0 Å². The first-order valence-electron chi connectivity index (χ1n) is 2.06. The Bertz CT molecular complexity index is 132. The number of amides is 1. The molecule has 1 rings (SSSR count). The number of hydrogen-bond acceptors (Lipinski definition) is 2. The molecule has 0 aliphatic carbocycles. The maximum atomic E-state index is 10.1. The molecule has 0 aromatic carbocycles. The van der Waals surface area contributed by atoms with Gasteiger partial charge in [-0.3, -0.25) is 4.79 Å². The second-order valence-electron chi connectivity index (χ2n) is 1.40. The molecule has 0 unspecified atom stereocenters. The number of carbonyl (C=O) groups is 1. The predicted octanol–water partition coefficient (Wildman–Crippen LogP) is -0.937. The largest absolute Gasteiger partial charge is 1.00 e. The fraction of sp³-hybridized carbons (Fsp3) is 0.500. The number of rotatable bonds is 0. The third-order valence-electron chi connectivity index (χ3n) is 0.802. The van der Waals surface area contributed by atoms with Gasteiger partial charge in [-0.15, -0.1) is 0 Å². The van der Waals surface area contributed by atoms with Crippen molar-refractivity contribution < 1.29 is 32.3 Å². The van der Waals surface area contributed by atoms with E-state index in [0.717, 1.165) is 0 Å². The smallest absolute Gasteiger partial charge is 0.862 e. The van der Waals surface area contributed by atoms with E-state index in [4.69, 9.17) is 0 Å². The normalized spacial score (nSPS) is 17.5. The van der Waals surface area contributed by atoms with Crippen molar-refractivity contribution in [3.63, 3.8) is 0 Å². The summed E-state index contributed by atoms with van der Waals surface area (Å²) in [7, 11) is 0. The van der Waals surface area contributed by atoms with Crippen molar-refractivity contribution in [2.75, 3.05) is 0 Å². The quantitative estimate of drug-likeness (QED) is 0.480. The van der Waals surface area contributed by atoms with Crippen molar-refractivity contribution in [3.8, 4) is 0 Å². The molecule has 0 fully saturated rings. The van der Waals surface area contributed by atoms with E-state index in [-0.39, 0.29) is 34.2 Å². The molecular formula is C4H4AgNO2. The topological polar surface area (TPSA) is 52.5 Å². The zero-order valence-electron chi connectivity index (χ0n) is 3.98. The summed E-state index contributed by atoms with van der Waals surface area (Å²) in [6.45, 7) is 0. The Balaban J connectivity index is 0.000000490. The van der Waals surface area contributed by atoms with Gasteiger partial charge in [-0.05, 0) is 12.3 Å². The van der Waals surface area contributed by atoms with Crippen LogP contribution in [0.4, 0.5) is 0 Å². The van der Waals surface area contributed by atoms with Gasteiger partial charge in [0.2, 0.25) is 5.91 Å². The minimum absolute atomic E-state index is 0. The molecule has 0 saturated heterocycles. The SMILES string of the molecule is O=C1CCC([O-])=N1.[Ag+]. The molecule has 0 aromatic heterocycles. The minimum atomic E-state index is -0.273. The Labute approximate surface area is 62.3 Å². The van der Waals surface area contributed by atoms with Crippen LogP contribution in [0.3, 0.4) is 0 Å². The standard InChI is InChI=1S/C4H5NO2.Ag/c6-3-1-2-4(7)5-3;/h1-2H2,(H,5,6,7);/q;+1/p-1. The van der Waals surface area contributed by atoms with Gasteiger partial charge in [-0.1, -0.05) is 0 Å². The summed E-state index contributed by atoms with van der Waals surface area (Å²) in [5.74, 6) is -0.546. The van der Waals surface area contributed by atoms with Crippen molar-refractivity contribution in [2.45, 2.75) is 12.8 Å². The van der Waals surface area contributed by atoms with E-state index in [1.807, 2.05) is 0 Å². The molecule has 0 saturated carbocycles. The summed E-state index contributed by atoms with van der Waals surface area (Å²) in [4.78, 5) is 13.2. The van der Waals surface area contributed by atoms with E-state index in [9.17, 15) is 9.90 Å². The van der Waals surface area contributed by atoms with Crippen LogP contribution in [0.5, 0.6) is 0 Å². The van der Waals surface area contributed by atoms with Crippen LogP contribution in [-0.4, -0.2) is 11.8 Å². The molecule has 1 aliphatic heterocycles. The van der Waals surface area contributed by atoms with Gasteiger partial charge in [0, 0.05) is 6.42 Å². The number of hydrogen-bond donors (Lipinski definition) is 0. The Morgan fingerprint density at radius 1 is 1.50 bits per heavy atom. The van der Waals surface area contributed by atoms with E-state index >= 15 is 0 Å². The molecule has 1 aliphatic rings. The third kappa shape index (κ3) is 1.78. The molecule has 0 aromatic rings. The fourth-order valence-electron chi connectivity index (χ4n) is 0.465. The zero-order valence-corrected chi connectivity index (χ0v) is 5.46. The van der Waals surface area contributed by atoms with Gasteiger partial charge in [0.15, 0.2) is 0 Å². The summed E-state index contributed by atoms with van der Waals surface area (Å²) in [6.07, 6.45) is 0.637. The molecular weight excluding hydrogens is 202 g/mol. The molecule has 0 N–H and O–H groups in total. The first kappa shape index (κ1) is 7.88. The molecule has 0 atom stereocenters. The van der Waals surface area contributed by atoms with Crippen molar-refractivity contribution in [1.29, 1.82) is 0 Å². The molecule has 48 valence electrons. The van der Waals surface area contributed by atoms with Crippen molar-refractivity contribution in [2.24, 2.45) is 4.99 Å². The average molecular weight is 206 g/mol. The first-order chi connectivity index (χ1) is 3.29. The van der Waals surface area contributed by atoms with Crippen LogP contribution >= 0.6 is 0 Å². The Hall–Kier alpha value is -0.120. The van der Waals surface area contributed by atoms with Crippen LogP contribution in [0.15, 0.2) is 4.99 Å². The summed E-state index contributed by atoms with van der Waals surface area (Å²) < 4.78 is 0. The Kier molecular flexibility index (Phi) is 2.97. The van der Waals surface area contributed by atoms with Crippen LogP contribution in [0.1, 0.15) is 12.8 Å². The molecule has 3 nitrogen and oxygen atoms in total. The van der Waals surface area contributed by atoms with Gasteiger partial charge in [0.1, 0.15) is 0 Å². The summed E-state index contributed by atoms with van der Waals surface area (Å²) in [5.41, 5.74) is 0. The second-order valence-corrected chi connectivity index (χ2v) is 1.40. The summed E-state index contributed by atoms with van der Waals surface area (Å²) >= 11 is 0. The number of nitrogens with zero attached hydrogens (tertiary/aromatic N) is 1. The fourth-order valence-corrected chi connectivity index (χ4v) is 0.465. The number of aliphatic imine (C=N–C) groups is 1. The van der Waals surface area contributed by atoms with Crippen LogP contribution in [0, 0.1) is 0 Å². The zero-order chi connectivity index (χ0) is 5.28. The first-order valence-corrected chi connectivity index (χ1v) is 2.06. The maximum Gasteiger partial charge on any atom is 1.00 e. The molecule has 1 heterocycles. The van der Waals surface area contributed by atoms with Gasteiger partial charge < -0.3 is 5.11 Å². The Morgan fingerprint density at radius 3 is 2.25 bits per heavy atom. The van der Waals surface area contributed by atoms with Gasteiger partial charge in [-0.2, -0.15) is 0 Å². The second kappa shape index (κ2) is 3.02. The molecule has 1 amide bonds. The van der Waals surface area contributed by atoms with E-state index in [1.54, 1.807) is 0 Å². The summed E-state index contributed by atoms with van der Waals surface area (Å²) in [6, 6.07) is 0. The van der Waals surface area contributed by atoms with Crippen molar-refractivity contribution in [3.05, 3.63) is 0 Å². The van der Waals surface area contributed by atoms with Crippen LogP contribution < -0.4 is 5.11 Å². The molecule has 8 heavy (non-hydrogen) atoms. The molecule has 0 spiro atoms. The van der Waals surface area contributed by atoms with Gasteiger partial charge in [0.05, 0.1) is 0 Å². The van der Waals surface area contributed by atoms with Crippen LogP contribution in [-0.2, 0) is 27.2 Å². The van der Waals surface area contributed by atoms with Crippen molar-refractivity contribution >= 4 is 11.8 Å². The van der Waals surface area contributed by atoms with Gasteiger partial charge in [-0.25, -0.2) is 4.99 Å². The third-order valence-corrected chi connectivity index (χ3v) is 0.802.